The third-order valence-corrected chi connectivity index (χ3v) is 6.87. The molecule has 0 aliphatic carbocycles. The molecule has 0 radical (unpaired) electrons. The number of hydrazone groups is 1. The van der Waals surface area contributed by atoms with Crippen LogP contribution in [0.25, 0.3) is 21.7 Å². The van der Waals surface area contributed by atoms with E-state index in [1.807, 2.05) is 31.2 Å². The van der Waals surface area contributed by atoms with Crippen molar-refractivity contribution < 1.29 is 8.42 Å². The fourth-order valence-corrected chi connectivity index (χ4v) is 5.08. The molecule has 158 valence electrons. The molecular formula is C22H20ClN5O2S. The van der Waals surface area contributed by atoms with Crippen LogP contribution in [0, 0.1) is 5.41 Å². The average Bonchev–Trinajstić information content (AvgIpc) is 3.13. The molecule has 0 aliphatic heterocycles. The van der Waals surface area contributed by atoms with E-state index in [1.54, 1.807) is 36.4 Å². The van der Waals surface area contributed by atoms with Gasteiger partial charge in [0.1, 0.15) is 0 Å². The second-order valence-electron chi connectivity index (χ2n) is 6.95. The smallest absolute Gasteiger partial charge is 0.268 e. The average molecular weight is 454 g/mol. The number of nitrogens with two attached hydrogens (primary N) is 1. The van der Waals surface area contributed by atoms with E-state index < -0.39 is 10.0 Å². The number of hydrogen-bond acceptors (Lipinski definition) is 4. The molecule has 1 heterocycles. The van der Waals surface area contributed by atoms with E-state index >= 15 is 0 Å². The lowest BCUT2D eigenvalue weighted by Gasteiger charge is -2.09. The quantitative estimate of drug-likeness (QED) is 0.237. The first-order valence-electron chi connectivity index (χ1n) is 9.53. The van der Waals surface area contributed by atoms with E-state index in [0.717, 1.165) is 10.8 Å². The lowest BCUT2D eigenvalue weighted by atomic mass is 10.1. The normalized spacial score (nSPS) is 12.4. The molecule has 31 heavy (non-hydrogen) atoms. The molecule has 0 unspecified atom stereocenters. The van der Waals surface area contributed by atoms with Crippen molar-refractivity contribution >= 4 is 55.0 Å². The van der Waals surface area contributed by atoms with Crippen molar-refractivity contribution in [1.29, 1.82) is 5.41 Å². The number of rotatable bonds is 5. The Morgan fingerprint density at radius 3 is 2.58 bits per heavy atom. The first kappa shape index (κ1) is 20.9. The second-order valence-corrected chi connectivity index (χ2v) is 9.20. The summed E-state index contributed by atoms with van der Waals surface area (Å²) >= 11 is 6.20. The van der Waals surface area contributed by atoms with Crippen molar-refractivity contribution in [2.75, 3.05) is 0 Å². The van der Waals surface area contributed by atoms with E-state index in [4.69, 9.17) is 22.7 Å². The zero-order valence-corrected chi connectivity index (χ0v) is 18.2. The Labute approximate surface area is 184 Å². The zero-order valence-electron chi connectivity index (χ0n) is 16.6. The molecule has 0 saturated carbocycles. The van der Waals surface area contributed by atoms with Crippen molar-refractivity contribution in [1.82, 2.24) is 9.40 Å². The van der Waals surface area contributed by atoms with Crippen LogP contribution >= 0.6 is 11.6 Å². The Balaban J connectivity index is 1.94. The highest BCUT2D eigenvalue weighted by atomic mass is 35.5. The Morgan fingerprint density at radius 1 is 1.13 bits per heavy atom. The first-order valence-corrected chi connectivity index (χ1v) is 11.3. The minimum Gasteiger partial charge on any atom is -0.369 e. The summed E-state index contributed by atoms with van der Waals surface area (Å²) in [6.45, 7) is 1.88. The molecular weight excluding hydrogens is 434 g/mol. The molecule has 0 saturated heterocycles. The maximum absolute atomic E-state index is 13.6. The van der Waals surface area contributed by atoms with Crippen LogP contribution in [0.5, 0.6) is 0 Å². The van der Waals surface area contributed by atoms with Crippen molar-refractivity contribution in [3.63, 3.8) is 0 Å². The summed E-state index contributed by atoms with van der Waals surface area (Å²) < 4.78 is 28.4. The highest BCUT2D eigenvalue weighted by Gasteiger charge is 2.23. The van der Waals surface area contributed by atoms with Crippen LogP contribution in [0.3, 0.4) is 0 Å². The molecule has 7 nitrogen and oxygen atoms in total. The number of hydrogen-bond donors (Lipinski definition) is 3. The van der Waals surface area contributed by atoms with Gasteiger partial charge in [-0.2, -0.15) is 5.10 Å². The number of aromatic nitrogens is 1. The monoisotopic (exact) mass is 453 g/mol. The molecule has 9 heteroatoms. The molecule has 0 spiro atoms. The van der Waals surface area contributed by atoms with Gasteiger partial charge >= 0.3 is 0 Å². The van der Waals surface area contributed by atoms with Gasteiger partial charge in [0, 0.05) is 22.2 Å². The molecule has 0 amide bonds. The van der Waals surface area contributed by atoms with Crippen LogP contribution in [0.15, 0.2) is 76.9 Å². The second kappa shape index (κ2) is 8.05. The van der Waals surface area contributed by atoms with E-state index in [-0.39, 0.29) is 10.9 Å². The highest BCUT2D eigenvalue weighted by molar-refractivity contribution is 7.90. The number of benzene rings is 3. The molecule has 0 fully saturated rings. The minimum absolute atomic E-state index is 0.182. The van der Waals surface area contributed by atoms with Gasteiger partial charge in [0.2, 0.25) is 5.96 Å². The van der Waals surface area contributed by atoms with Crippen molar-refractivity contribution in [3.05, 3.63) is 77.4 Å². The summed E-state index contributed by atoms with van der Waals surface area (Å²) in [6.07, 6.45) is 2.03. The summed E-state index contributed by atoms with van der Waals surface area (Å²) in [6, 6.07) is 17.7. The zero-order chi connectivity index (χ0) is 22.2. The third-order valence-electron chi connectivity index (χ3n) is 4.97. The maximum Gasteiger partial charge on any atom is 0.268 e. The van der Waals surface area contributed by atoms with Gasteiger partial charge in [-0.1, -0.05) is 48.9 Å². The summed E-state index contributed by atoms with van der Waals surface area (Å²) in [7, 11) is -3.89. The standard InChI is InChI=1S/C22H20ClN5O2S/c1-2-20(26-27-22(24)25)19-13-28(21-10-8-16(23)12-18(19)21)31(29,30)17-9-7-14-5-3-4-6-15(14)11-17/h3-13H,2H2,1H3,(H4,24,25,27). The largest absolute Gasteiger partial charge is 0.369 e. The number of nitrogens with zero attached hydrogens (tertiary/aromatic N) is 2. The Hall–Kier alpha value is -3.36. The Kier molecular flexibility index (Phi) is 5.43. The number of fused-ring (bicyclic) bond motifs is 2. The van der Waals surface area contributed by atoms with Crippen molar-refractivity contribution in [2.24, 2.45) is 10.8 Å². The van der Waals surface area contributed by atoms with Crippen molar-refractivity contribution in [3.8, 4) is 0 Å². The van der Waals surface area contributed by atoms with Crippen LogP contribution in [0.2, 0.25) is 5.02 Å². The summed E-state index contributed by atoms with van der Waals surface area (Å²) in [5, 5.41) is 14.4. The van der Waals surface area contributed by atoms with E-state index in [9.17, 15) is 8.42 Å². The van der Waals surface area contributed by atoms with Crippen molar-refractivity contribution in [2.45, 2.75) is 18.2 Å². The third kappa shape index (κ3) is 3.87. The van der Waals surface area contributed by atoms with Crippen LogP contribution in [-0.4, -0.2) is 24.1 Å². The predicted octanol–water partition coefficient (Wildman–Crippen LogP) is 4.28. The van der Waals surface area contributed by atoms with Crippen LogP contribution in [0.1, 0.15) is 18.9 Å². The van der Waals surface area contributed by atoms with Crippen LogP contribution < -0.4 is 11.2 Å². The Morgan fingerprint density at radius 2 is 1.87 bits per heavy atom. The van der Waals surface area contributed by atoms with E-state index in [2.05, 4.69) is 10.5 Å². The molecule has 0 aliphatic rings. The SMILES string of the molecule is CCC(=NNC(=N)N)c1cn(S(=O)(=O)c2ccc3ccccc3c2)c2ccc(Cl)cc12. The topological polar surface area (TPSA) is 113 Å². The van der Waals surface area contributed by atoms with E-state index in [0.29, 0.717) is 33.6 Å². The van der Waals surface area contributed by atoms with Gasteiger partial charge in [-0.25, -0.2) is 17.8 Å². The fourth-order valence-electron chi connectivity index (χ4n) is 3.50. The van der Waals surface area contributed by atoms with Gasteiger partial charge in [-0.15, -0.1) is 0 Å². The van der Waals surface area contributed by atoms with Gasteiger partial charge in [0.05, 0.1) is 16.1 Å². The summed E-state index contributed by atoms with van der Waals surface area (Å²) in [5.74, 6) is -0.309. The molecule has 4 N–H and O–H groups in total. The molecule has 0 atom stereocenters. The first-order chi connectivity index (χ1) is 14.8. The highest BCUT2D eigenvalue weighted by Crippen LogP contribution is 2.30. The van der Waals surface area contributed by atoms with Gasteiger partial charge in [-0.05, 0) is 47.5 Å². The van der Waals surface area contributed by atoms with Gasteiger partial charge in [-0.3, -0.25) is 5.41 Å². The number of nitrogens with one attached hydrogen (secondary N) is 2. The van der Waals surface area contributed by atoms with Gasteiger partial charge in [0.15, 0.2) is 0 Å². The van der Waals surface area contributed by atoms with E-state index in [1.165, 1.54) is 10.2 Å². The molecule has 0 bridgehead atoms. The fraction of sp³-hybridized carbons (Fsp3) is 0.0909. The number of guanidine groups is 1. The Bertz CT molecular complexity index is 1460. The summed E-state index contributed by atoms with van der Waals surface area (Å²) in [5.41, 5.74) is 9.41. The lowest BCUT2D eigenvalue weighted by molar-refractivity contribution is 0.589. The van der Waals surface area contributed by atoms with Crippen LogP contribution in [-0.2, 0) is 10.0 Å². The lowest BCUT2D eigenvalue weighted by Crippen LogP contribution is -2.26. The molecule has 4 aromatic rings. The molecule has 4 rings (SSSR count). The molecule has 1 aromatic heterocycles. The predicted molar refractivity (Wildman–Crippen MR) is 125 cm³/mol. The molecule has 3 aromatic carbocycles. The summed E-state index contributed by atoms with van der Waals surface area (Å²) in [4.78, 5) is 0.182. The van der Waals surface area contributed by atoms with Gasteiger partial charge < -0.3 is 5.73 Å². The van der Waals surface area contributed by atoms with Gasteiger partial charge in [0.25, 0.3) is 10.0 Å². The maximum atomic E-state index is 13.6. The van der Waals surface area contributed by atoms with Crippen LogP contribution in [0.4, 0.5) is 0 Å². The minimum atomic E-state index is -3.89. The number of halogens is 1.